The minimum absolute atomic E-state index is 0.200. The molecule has 2 radical (unpaired) electrons. The maximum absolute atomic E-state index is 13.3. The summed E-state index contributed by atoms with van der Waals surface area (Å²) in [5.41, 5.74) is 8.68. The van der Waals surface area contributed by atoms with Crippen molar-refractivity contribution in [3.05, 3.63) is 111 Å². The molecule has 0 unspecified atom stereocenters. The van der Waals surface area contributed by atoms with Crippen LogP contribution in [0.15, 0.2) is 72.3 Å². The highest BCUT2D eigenvalue weighted by molar-refractivity contribution is 7.17. The van der Waals surface area contributed by atoms with Crippen LogP contribution in [-0.4, -0.2) is 19.4 Å². The van der Waals surface area contributed by atoms with Crippen molar-refractivity contribution < 1.29 is 9.59 Å². The Bertz CT molecular complexity index is 1710. The van der Waals surface area contributed by atoms with Gasteiger partial charge in [0.2, 0.25) is 0 Å². The van der Waals surface area contributed by atoms with Crippen molar-refractivity contribution in [2.75, 3.05) is 4.90 Å². The number of rotatable bonds is 4. The van der Waals surface area contributed by atoms with Gasteiger partial charge in [-0.15, -0.1) is 11.3 Å². The number of carbonyl (C=O) groups excluding carboxylic acids is 2. The minimum atomic E-state index is -0.262. The Labute approximate surface area is 242 Å². The third-order valence-corrected chi connectivity index (χ3v) is 9.37. The topological polar surface area (TPSA) is 37.4 Å². The molecular formula is C35H32BNO2S. The molecule has 40 heavy (non-hydrogen) atoms. The fraction of sp³-hybridized carbons (Fsp3) is 0.257. The van der Waals surface area contributed by atoms with Gasteiger partial charge in [0.25, 0.3) is 0 Å². The molecule has 0 N–H and O–H groups in total. The first-order valence-corrected chi connectivity index (χ1v) is 14.7. The lowest BCUT2D eigenvalue weighted by atomic mass is 9.75. The van der Waals surface area contributed by atoms with E-state index < -0.39 is 0 Å². The van der Waals surface area contributed by atoms with Gasteiger partial charge in [0.1, 0.15) is 12.8 Å². The number of carbonyl (C=O) groups is 2. The molecule has 3 aromatic carbocycles. The zero-order valence-corrected chi connectivity index (χ0v) is 24.6. The quantitative estimate of drug-likeness (QED) is 0.148. The van der Waals surface area contributed by atoms with E-state index in [9.17, 15) is 9.59 Å². The third kappa shape index (κ3) is 3.94. The molecular weight excluding hydrogens is 509 g/mol. The van der Waals surface area contributed by atoms with E-state index in [-0.39, 0.29) is 22.6 Å². The summed E-state index contributed by atoms with van der Waals surface area (Å²) in [7, 11) is 5.93. The maximum atomic E-state index is 13.3. The van der Waals surface area contributed by atoms with Gasteiger partial charge in [-0.3, -0.25) is 9.59 Å². The maximum Gasteiger partial charge on any atom is 0.197 e. The predicted molar refractivity (Wildman–Crippen MR) is 168 cm³/mol. The Morgan fingerprint density at radius 3 is 2.12 bits per heavy atom. The molecule has 0 bridgehead atoms. The van der Waals surface area contributed by atoms with Crippen LogP contribution in [0.2, 0.25) is 0 Å². The summed E-state index contributed by atoms with van der Waals surface area (Å²) in [6, 6.07) is 22.4. The lowest BCUT2D eigenvalue weighted by molar-refractivity contribution is 0.0990. The predicted octanol–water partition coefficient (Wildman–Crippen LogP) is 8.36. The average Bonchev–Trinajstić information content (AvgIpc) is 3.44. The number of ketones is 2. The fourth-order valence-corrected chi connectivity index (χ4v) is 7.42. The molecule has 2 heterocycles. The first kappa shape index (κ1) is 26.5. The van der Waals surface area contributed by atoms with E-state index in [2.05, 4.69) is 95.0 Å². The monoisotopic (exact) mass is 541 g/mol. The molecule has 1 aromatic heterocycles. The second-order valence-electron chi connectivity index (χ2n) is 12.0. The van der Waals surface area contributed by atoms with Crippen molar-refractivity contribution in [1.29, 1.82) is 0 Å². The van der Waals surface area contributed by atoms with Gasteiger partial charge in [0, 0.05) is 21.4 Å². The minimum Gasteiger partial charge on any atom is -0.301 e. The van der Waals surface area contributed by atoms with Gasteiger partial charge in [0.05, 0.1) is 16.9 Å². The highest BCUT2D eigenvalue weighted by Gasteiger charge is 2.40. The summed E-state index contributed by atoms with van der Waals surface area (Å²) in [4.78, 5) is 29.9. The summed E-state index contributed by atoms with van der Waals surface area (Å²) in [6.07, 6.45) is 1.78. The van der Waals surface area contributed by atoms with Crippen LogP contribution >= 0.6 is 11.3 Å². The van der Waals surface area contributed by atoms with Crippen molar-refractivity contribution in [1.82, 2.24) is 0 Å². The number of nitrogens with zero attached hydrogens (tertiary/aromatic N) is 1. The number of benzene rings is 3. The number of fused-ring (bicyclic) bond motifs is 3. The lowest BCUT2D eigenvalue weighted by Crippen LogP contribution is -2.30. The van der Waals surface area contributed by atoms with E-state index in [1.165, 1.54) is 33.6 Å². The summed E-state index contributed by atoms with van der Waals surface area (Å²) in [6.45, 7) is 13.5. The number of thiophene rings is 1. The highest BCUT2D eigenvalue weighted by Crippen LogP contribution is 2.57. The number of hydrogen-bond donors (Lipinski definition) is 0. The van der Waals surface area contributed by atoms with Gasteiger partial charge in [0.15, 0.2) is 11.6 Å². The van der Waals surface area contributed by atoms with Crippen LogP contribution in [0, 0.1) is 0 Å². The molecule has 5 heteroatoms. The van der Waals surface area contributed by atoms with Crippen molar-refractivity contribution >= 4 is 58.7 Å². The van der Waals surface area contributed by atoms with Crippen LogP contribution in [0.4, 0.5) is 16.4 Å². The van der Waals surface area contributed by atoms with Crippen LogP contribution in [0.5, 0.6) is 0 Å². The number of Topliss-reactive ketones (excluding diaryl/α,β-unsaturated/α-hetero) is 2. The van der Waals surface area contributed by atoms with E-state index in [0.717, 1.165) is 9.88 Å². The van der Waals surface area contributed by atoms with E-state index in [1.807, 2.05) is 0 Å². The van der Waals surface area contributed by atoms with Gasteiger partial charge in [-0.25, -0.2) is 0 Å². The molecule has 0 fully saturated rings. The molecule has 0 saturated heterocycles. The van der Waals surface area contributed by atoms with Gasteiger partial charge in [-0.1, -0.05) is 102 Å². The van der Waals surface area contributed by atoms with Crippen LogP contribution in [-0.2, 0) is 5.41 Å². The largest absolute Gasteiger partial charge is 0.301 e. The normalized spacial score (nSPS) is 16.6. The molecule has 0 saturated carbocycles. The molecule has 3 nitrogen and oxygen atoms in total. The van der Waals surface area contributed by atoms with E-state index in [0.29, 0.717) is 28.4 Å². The average molecular weight is 542 g/mol. The first-order valence-electron chi connectivity index (χ1n) is 13.9. The summed E-state index contributed by atoms with van der Waals surface area (Å²) in [5, 5.41) is 1.13. The number of para-hydroxylation sites is 2. The van der Waals surface area contributed by atoms with E-state index in [4.69, 9.17) is 7.85 Å². The molecule has 0 atom stereocenters. The van der Waals surface area contributed by atoms with Crippen LogP contribution in [0.25, 0.3) is 6.08 Å². The number of allylic oxidation sites excluding steroid dienone is 1. The van der Waals surface area contributed by atoms with Crippen molar-refractivity contribution in [2.45, 2.75) is 58.8 Å². The van der Waals surface area contributed by atoms with Crippen LogP contribution < -0.4 is 10.4 Å². The molecule has 1 aliphatic heterocycles. The summed E-state index contributed by atoms with van der Waals surface area (Å²) < 4.78 is 0. The highest BCUT2D eigenvalue weighted by atomic mass is 32.1. The molecule has 0 amide bonds. The first-order chi connectivity index (χ1) is 19.0. The lowest BCUT2D eigenvalue weighted by Gasteiger charge is -2.41. The Hall–Kier alpha value is -3.70. The SMILES string of the molecule is [B]c1ccc2c(c1)C(=O)/C(=C/c1cc3c(s1)N(c1c(C(C)C)cccc1C(C)C)c1ccccc1C3(C)C)C2=O. The van der Waals surface area contributed by atoms with Crippen LogP contribution in [0.3, 0.4) is 0 Å². The molecule has 1 aliphatic carbocycles. The Morgan fingerprint density at radius 2 is 1.45 bits per heavy atom. The summed E-state index contributed by atoms with van der Waals surface area (Å²) in [5.74, 6) is 0.171. The van der Waals surface area contributed by atoms with Crippen molar-refractivity contribution in [3.63, 3.8) is 0 Å². The van der Waals surface area contributed by atoms with Gasteiger partial charge in [-0.05, 0) is 52.3 Å². The zero-order valence-electron chi connectivity index (χ0n) is 23.8. The second kappa shape index (κ2) is 9.45. The fourth-order valence-electron chi connectivity index (χ4n) is 6.14. The van der Waals surface area contributed by atoms with Gasteiger partial charge >= 0.3 is 0 Å². The Kier molecular flexibility index (Phi) is 6.27. The molecule has 198 valence electrons. The Balaban J connectivity index is 1.59. The third-order valence-electron chi connectivity index (χ3n) is 8.30. The van der Waals surface area contributed by atoms with Gasteiger partial charge in [-0.2, -0.15) is 0 Å². The van der Waals surface area contributed by atoms with Crippen LogP contribution in [0.1, 0.15) is 101 Å². The van der Waals surface area contributed by atoms with E-state index >= 15 is 0 Å². The number of anilines is 3. The standard InChI is InChI=1S/C35H32BNO2S/c1-19(2)23-10-9-11-24(20(3)4)31(23)37-30-13-8-7-12-28(30)35(5,6)29-18-22(40-34(29)37)17-27-32(38)25-15-14-21(36)16-26(25)33(27)39/h7-20H,1-6H3/b27-17+. The van der Waals surface area contributed by atoms with Crippen molar-refractivity contribution in [3.8, 4) is 0 Å². The van der Waals surface area contributed by atoms with Crippen molar-refractivity contribution in [2.24, 2.45) is 0 Å². The number of hydrogen-bond acceptors (Lipinski definition) is 4. The molecule has 0 spiro atoms. The molecule has 6 rings (SSSR count). The van der Waals surface area contributed by atoms with Gasteiger partial charge < -0.3 is 4.90 Å². The molecule has 4 aromatic rings. The second-order valence-corrected chi connectivity index (χ2v) is 13.0. The zero-order chi connectivity index (χ0) is 28.5. The molecule has 2 aliphatic rings. The Morgan fingerprint density at radius 1 is 0.800 bits per heavy atom. The summed E-state index contributed by atoms with van der Waals surface area (Å²) >= 11 is 1.64. The van der Waals surface area contributed by atoms with E-state index in [1.54, 1.807) is 35.6 Å². The smallest absolute Gasteiger partial charge is 0.197 e.